The topological polar surface area (TPSA) is 60.5 Å². The Hall–Kier alpha value is -3.09. The van der Waals surface area contributed by atoms with Crippen LogP contribution >= 0.6 is 22.9 Å². The van der Waals surface area contributed by atoms with E-state index in [-0.39, 0.29) is 12.7 Å². The number of fused-ring (bicyclic) bond motifs is 2. The number of rotatable bonds is 3. The highest BCUT2D eigenvalue weighted by Gasteiger charge is 2.18. The maximum Gasteiger partial charge on any atom is 0.255 e. The average Bonchev–Trinajstić information content (AvgIpc) is 3.35. The zero-order valence-electron chi connectivity index (χ0n) is 14.4. The highest BCUT2D eigenvalue weighted by Crippen LogP contribution is 2.37. The first-order chi connectivity index (χ1) is 13.7. The van der Waals surface area contributed by atoms with E-state index >= 15 is 0 Å². The predicted molar refractivity (Wildman–Crippen MR) is 111 cm³/mol. The third-order valence-corrected chi connectivity index (χ3v) is 5.69. The third kappa shape index (κ3) is 3.06. The highest BCUT2D eigenvalue weighted by atomic mass is 35.5. The molecule has 28 heavy (non-hydrogen) atoms. The first-order valence-corrected chi connectivity index (χ1v) is 9.73. The van der Waals surface area contributed by atoms with E-state index in [2.05, 4.69) is 10.3 Å². The zero-order chi connectivity index (χ0) is 19.1. The molecule has 0 aliphatic carbocycles. The van der Waals surface area contributed by atoms with Crippen LogP contribution < -0.4 is 14.8 Å². The number of aromatic nitrogens is 1. The second-order valence-corrected chi connectivity index (χ2v) is 7.67. The molecular weight excluding hydrogens is 396 g/mol. The van der Waals surface area contributed by atoms with E-state index in [0.717, 1.165) is 20.8 Å². The standard InChI is InChI=1S/C21H13ClN2O3S/c22-13-6-7-15(14(10-13)21-24-16-3-1-2-4-19(16)28-21)23-20(25)12-5-8-17-18(9-12)27-11-26-17/h1-10H,11H2,(H,23,25). The number of hydrogen-bond acceptors (Lipinski definition) is 5. The van der Waals surface area contributed by atoms with Gasteiger partial charge in [0.2, 0.25) is 6.79 Å². The van der Waals surface area contributed by atoms with Gasteiger partial charge in [-0.05, 0) is 48.5 Å². The van der Waals surface area contributed by atoms with E-state index < -0.39 is 0 Å². The summed E-state index contributed by atoms with van der Waals surface area (Å²) in [4.78, 5) is 17.5. The third-order valence-electron chi connectivity index (χ3n) is 4.39. The highest BCUT2D eigenvalue weighted by molar-refractivity contribution is 7.21. The Morgan fingerprint density at radius 2 is 1.89 bits per heavy atom. The fourth-order valence-electron chi connectivity index (χ4n) is 3.02. The van der Waals surface area contributed by atoms with Gasteiger partial charge in [0.1, 0.15) is 5.01 Å². The van der Waals surface area contributed by atoms with Crippen molar-refractivity contribution in [1.82, 2.24) is 4.98 Å². The molecule has 1 N–H and O–H groups in total. The molecule has 0 saturated carbocycles. The number of benzene rings is 3. The minimum atomic E-state index is -0.247. The fraction of sp³-hybridized carbons (Fsp3) is 0.0476. The summed E-state index contributed by atoms with van der Waals surface area (Å²) in [6, 6.07) is 18.4. The molecule has 4 aromatic rings. The Kier molecular flexibility index (Phi) is 4.15. The molecule has 0 saturated heterocycles. The molecule has 138 valence electrons. The number of nitrogens with one attached hydrogen (secondary N) is 1. The van der Waals surface area contributed by atoms with Crippen LogP contribution in [0.3, 0.4) is 0 Å². The second kappa shape index (κ2) is 6.82. The molecule has 0 atom stereocenters. The van der Waals surface area contributed by atoms with Gasteiger partial charge in [0.05, 0.1) is 15.9 Å². The van der Waals surface area contributed by atoms with Crippen LogP contribution in [0.1, 0.15) is 10.4 Å². The maximum absolute atomic E-state index is 12.8. The van der Waals surface area contributed by atoms with Gasteiger partial charge in [0.25, 0.3) is 5.91 Å². The summed E-state index contributed by atoms with van der Waals surface area (Å²) in [5, 5.41) is 4.34. The largest absolute Gasteiger partial charge is 0.454 e. The van der Waals surface area contributed by atoms with Gasteiger partial charge < -0.3 is 14.8 Å². The maximum atomic E-state index is 12.8. The van der Waals surface area contributed by atoms with Crippen molar-refractivity contribution >= 4 is 44.7 Å². The molecule has 7 heteroatoms. The van der Waals surface area contributed by atoms with Crippen molar-refractivity contribution < 1.29 is 14.3 Å². The van der Waals surface area contributed by atoms with Gasteiger partial charge in [0.15, 0.2) is 11.5 Å². The van der Waals surface area contributed by atoms with Gasteiger partial charge in [0, 0.05) is 16.1 Å². The van der Waals surface area contributed by atoms with E-state index in [9.17, 15) is 4.79 Å². The smallest absolute Gasteiger partial charge is 0.255 e. The molecule has 1 aromatic heterocycles. The van der Waals surface area contributed by atoms with Crippen molar-refractivity contribution in [2.24, 2.45) is 0 Å². The lowest BCUT2D eigenvalue weighted by Crippen LogP contribution is -2.12. The van der Waals surface area contributed by atoms with Gasteiger partial charge >= 0.3 is 0 Å². The van der Waals surface area contributed by atoms with E-state index in [1.807, 2.05) is 30.3 Å². The molecule has 0 fully saturated rings. The van der Waals surface area contributed by atoms with Crippen LogP contribution in [0.4, 0.5) is 5.69 Å². The number of nitrogens with zero attached hydrogens (tertiary/aromatic N) is 1. The lowest BCUT2D eigenvalue weighted by Gasteiger charge is -2.10. The molecule has 0 radical (unpaired) electrons. The zero-order valence-corrected chi connectivity index (χ0v) is 16.0. The Morgan fingerprint density at radius 3 is 2.79 bits per heavy atom. The van der Waals surface area contributed by atoms with Crippen molar-refractivity contribution in [2.75, 3.05) is 12.1 Å². The molecule has 5 rings (SSSR count). The van der Waals surface area contributed by atoms with Gasteiger partial charge in [-0.25, -0.2) is 4.98 Å². The molecule has 0 spiro atoms. The summed E-state index contributed by atoms with van der Waals surface area (Å²) in [5.41, 5.74) is 2.82. The summed E-state index contributed by atoms with van der Waals surface area (Å²) in [6.45, 7) is 0.166. The summed E-state index contributed by atoms with van der Waals surface area (Å²) in [6.07, 6.45) is 0. The van der Waals surface area contributed by atoms with E-state index in [1.54, 1.807) is 41.7 Å². The molecule has 1 aliphatic heterocycles. The SMILES string of the molecule is O=C(Nc1ccc(Cl)cc1-c1nc2ccccc2s1)c1ccc2c(c1)OCO2. The van der Waals surface area contributed by atoms with Crippen molar-refractivity contribution in [3.63, 3.8) is 0 Å². The molecule has 0 bridgehead atoms. The van der Waals surface area contributed by atoms with Crippen LogP contribution in [0.2, 0.25) is 5.02 Å². The Morgan fingerprint density at radius 1 is 1.04 bits per heavy atom. The van der Waals surface area contributed by atoms with Crippen LogP contribution in [0, 0.1) is 0 Å². The Balaban J connectivity index is 1.51. The summed E-state index contributed by atoms with van der Waals surface area (Å²) >= 11 is 7.77. The molecule has 1 amide bonds. The lowest BCUT2D eigenvalue weighted by molar-refractivity contribution is 0.102. The molecule has 2 heterocycles. The van der Waals surface area contributed by atoms with Crippen molar-refractivity contribution in [3.8, 4) is 22.1 Å². The van der Waals surface area contributed by atoms with E-state index in [4.69, 9.17) is 21.1 Å². The van der Waals surface area contributed by atoms with E-state index in [0.29, 0.717) is 27.8 Å². The molecule has 5 nitrogen and oxygen atoms in total. The first kappa shape index (κ1) is 17.0. The number of carbonyl (C=O) groups is 1. The molecule has 0 unspecified atom stereocenters. The minimum Gasteiger partial charge on any atom is -0.454 e. The minimum absolute atomic E-state index is 0.166. The van der Waals surface area contributed by atoms with Crippen molar-refractivity contribution in [2.45, 2.75) is 0 Å². The number of amides is 1. The quantitative estimate of drug-likeness (QED) is 0.479. The lowest BCUT2D eigenvalue weighted by atomic mass is 10.1. The van der Waals surface area contributed by atoms with Crippen LogP contribution in [0.25, 0.3) is 20.8 Å². The summed E-state index contributed by atoms with van der Waals surface area (Å²) in [5.74, 6) is 0.955. The van der Waals surface area contributed by atoms with Gasteiger partial charge in [-0.15, -0.1) is 11.3 Å². The number of ether oxygens (including phenoxy) is 2. The number of thiazole rings is 1. The molecular formula is C21H13ClN2O3S. The summed E-state index contributed by atoms with van der Waals surface area (Å²) < 4.78 is 11.7. The van der Waals surface area contributed by atoms with E-state index in [1.165, 1.54) is 0 Å². The monoisotopic (exact) mass is 408 g/mol. The Bertz CT molecular complexity index is 1190. The van der Waals surface area contributed by atoms with Gasteiger partial charge in [-0.3, -0.25) is 4.79 Å². The first-order valence-electron chi connectivity index (χ1n) is 8.54. The normalized spacial score (nSPS) is 12.3. The molecule has 1 aliphatic rings. The molecule has 3 aromatic carbocycles. The van der Waals surface area contributed by atoms with Crippen molar-refractivity contribution in [3.05, 3.63) is 71.2 Å². The number of anilines is 1. The van der Waals surface area contributed by atoms with Gasteiger partial charge in [-0.2, -0.15) is 0 Å². The predicted octanol–water partition coefficient (Wildman–Crippen LogP) is 5.60. The van der Waals surface area contributed by atoms with Crippen LogP contribution in [-0.2, 0) is 0 Å². The summed E-state index contributed by atoms with van der Waals surface area (Å²) in [7, 11) is 0. The van der Waals surface area contributed by atoms with Crippen molar-refractivity contribution in [1.29, 1.82) is 0 Å². The Labute approximate surface area is 169 Å². The average molecular weight is 409 g/mol. The number of carbonyl (C=O) groups excluding carboxylic acids is 1. The number of hydrogen-bond donors (Lipinski definition) is 1. The van der Waals surface area contributed by atoms with Crippen LogP contribution in [-0.4, -0.2) is 17.7 Å². The number of halogens is 1. The van der Waals surface area contributed by atoms with Gasteiger partial charge in [-0.1, -0.05) is 23.7 Å². The number of para-hydroxylation sites is 1. The van der Waals surface area contributed by atoms with Crippen LogP contribution in [0.5, 0.6) is 11.5 Å². The fourth-order valence-corrected chi connectivity index (χ4v) is 4.19. The second-order valence-electron chi connectivity index (χ2n) is 6.20. The van der Waals surface area contributed by atoms with Crippen LogP contribution in [0.15, 0.2) is 60.7 Å².